The second-order valence-corrected chi connectivity index (χ2v) is 5.58. The van der Waals surface area contributed by atoms with E-state index in [9.17, 15) is 18.0 Å². The molecule has 0 amide bonds. The second-order valence-electron chi connectivity index (χ2n) is 5.58. The number of methoxy groups -OCH3 is 1. The molecule has 0 aliphatic carbocycles. The lowest BCUT2D eigenvalue weighted by atomic mass is 10.0. The van der Waals surface area contributed by atoms with Gasteiger partial charge in [0.1, 0.15) is 5.82 Å². The smallest absolute Gasteiger partial charge is 0.339 e. The fourth-order valence-corrected chi connectivity index (χ4v) is 2.24. The predicted octanol–water partition coefficient (Wildman–Crippen LogP) is 3.32. The topological polar surface area (TPSA) is 42.4 Å². The maximum atomic E-state index is 14.2. The number of hydrogen-bond donors (Lipinski definition) is 0. The summed E-state index contributed by atoms with van der Waals surface area (Å²) in [5.41, 5.74) is -0.119. The SMILES string of the molecule is COC(=O)c1ccc(-c2cc(F)c(C)c(F)c2F)nc1CN(C)C. The Hall–Kier alpha value is -2.41. The van der Waals surface area contributed by atoms with Gasteiger partial charge in [0.05, 0.1) is 24.1 Å². The summed E-state index contributed by atoms with van der Waals surface area (Å²) in [5, 5.41) is 0. The van der Waals surface area contributed by atoms with Crippen molar-refractivity contribution >= 4 is 5.97 Å². The molecule has 0 radical (unpaired) electrons. The number of pyridine rings is 1. The minimum absolute atomic E-state index is 0.0369. The largest absolute Gasteiger partial charge is 0.465 e. The summed E-state index contributed by atoms with van der Waals surface area (Å²) in [7, 11) is 4.77. The van der Waals surface area contributed by atoms with Crippen LogP contribution < -0.4 is 0 Å². The number of carbonyl (C=O) groups excluding carboxylic acids is 1. The van der Waals surface area contributed by atoms with Crippen LogP contribution in [0, 0.1) is 24.4 Å². The Kier molecular flexibility index (Phi) is 5.23. The van der Waals surface area contributed by atoms with E-state index in [1.807, 2.05) is 0 Å². The van der Waals surface area contributed by atoms with Crippen molar-refractivity contribution in [1.29, 1.82) is 0 Å². The van der Waals surface area contributed by atoms with Crippen LogP contribution in [-0.2, 0) is 11.3 Å². The summed E-state index contributed by atoms with van der Waals surface area (Å²) >= 11 is 0. The van der Waals surface area contributed by atoms with E-state index in [0.29, 0.717) is 5.69 Å². The van der Waals surface area contributed by atoms with Crippen LogP contribution in [0.25, 0.3) is 11.3 Å². The van der Waals surface area contributed by atoms with E-state index in [2.05, 4.69) is 4.98 Å². The third-order valence-electron chi connectivity index (χ3n) is 3.51. The van der Waals surface area contributed by atoms with Gasteiger partial charge < -0.3 is 9.64 Å². The number of carbonyl (C=O) groups is 1. The number of ether oxygens (including phenoxy) is 1. The monoisotopic (exact) mass is 338 g/mol. The molecule has 1 heterocycles. The van der Waals surface area contributed by atoms with E-state index in [1.165, 1.54) is 19.2 Å². The highest BCUT2D eigenvalue weighted by atomic mass is 19.2. The van der Waals surface area contributed by atoms with Gasteiger partial charge in [-0.05, 0) is 39.2 Å². The van der Waals surface area contributed by atoms with E-state index in [0.717, 1.165) is 13.0 Å². The van der Waals surface area contributed by atoms with Gasteiger partial charge in [-0.15, -0.1) is 0 Å². The zero-order chi connectivity index (χ0) is 18.0. The number of hydrogen-bond acceptors (Lipinski definition) is 4. The van der Waals surface area contributed by atoms with Crippen LogP contribution in [-0.4, -0.2) is 37.1 Å². The van der Waals surface area contributed by atoms with Crippen molar-refractivity contribution in [3.63, 3.8) is 0 Å². The molecule has 0 unspecified atom stereocenters. The quantitative estimate of drug-likeness (QED) is 0.634. The molecule has 1 aromatic carbocycles. The van der Waals surface area contributed by atoms with Crippen LogP contribution in [0.5, 0.6) is 0 Å². The van der Waals surface area contributed by atoms with Gasteiger partial charge in [-0.25, -0.2) is 18.0 Å². The molecule has 0 saturated carbocycles. The lowest BCUT2D eigenvalue weighted by Crippen LogP contribution is -2.17. The minimum Gasteiger partial charge on any atom is -0.465 e. The lowest BCUT2D eigenvalue weighted by Gasteiger charge is -2.14. The Balaban J connectivity index is 2.63. The fourth-order valence-electron chi connectivity index (χ4n) is 2.24. The molecule has 0 saturated heterocycles. The zero-order valence-electron chi connectivity index (χ0n) is 13.8. The van der Waals surface area contributed by atoms with Gasteiger partial charge in [0.15, 0.2) is 11.6 Å². The molecule has 24 heavy (non-hydrogen) atoms. The van der Waals surface area contributed by atoms with Gasteiger partial charge in [0.2, 0.25) is 0 Å². The molecule has 2 rings (SSSR count). The van der Waals surface area contributed by atoms with Crippen molar-refractivity contribution in [3.05, 3.63) is 52.5 Å². The number of benzene rings is 1. The summed E-state index contributed by atoms with van der Waals surface area (Å²) in [6.07, 6.45) is 0. The Bertz CT molecular complexity index is 792. The Morgan fingerprint density at radius 2 is 1.88 bits per heavy atom. The first-order chi connectivity index (χ1) is 11.3. The van der Waals surface area contributed by atoms with Gasteiger partial charge in [-0.3, -0.25) is 4.98 Å². The molecule has 0 aliphatic rings. The van der Waals surface area contributed by atoms with Gasteiger partial charge in [0.25, 0.3) is 0 Å². The van der Waals surface area contributed by atoms with Crippen LogP contribution >= 0.6 is 0 Å². The lowest BCUT2D eigenvalue weighted by molar-refractivity contribution is 0.0598. The maximum absolute atomic E-state index is 14.2. The minimum atomic E-state index is -1.25. The van der Waals surface area contributed by atoms with Gasteiger partial charge in [0, 0.05) is 17.7 Å². The number of aromatic nitrogens is 1. The van der Waals surface area contributed by atoms with Crippen LogP contribution in [0.2, 0.25) is 0 Å². The van der Waals surface area contributed by atoms with Crippen molar-refractivity contribution in [1.82, 2.24) is 9.88 Å². The normalized spacial score (nSPS) is 11.0. The molecule has 4 nitrogen and oxygen atoms in total. The van der Waals surface area contributed by atoms with E-state index < -0.39 is 29.0 Å². The average molecular weight is 338 g/mol. The fraction of sp³-hybridized carbons (Fsp3) is 0.294. The third kappa shape index (κ3) is 3.41. The Morgan fingerprint density at radius 3 is 2.46 bits per heavy atom. The van der Waals surface area contributed by atoms with Gasteiger partial charge in [-0.1, -0.05) is 0 Å². The molecule has 2 aromatic rings. The molecule has 0 aliphatic heterocycles. The number of nitrogens with zero attached hydrogens (tertiary/aromatic N) is 2. The average Bonchev–Trinajstić information content (AvgIpc) is 2.55. The van der Waals surface area contributed by atoms with E-state index >= 15 is 0 Å². The standard InChI is InChI=1S/C17H17F3N2O2/c1-9-12(18)7-11(16(20)15(9)19)13-6-5-10(17(23)24-4)14(21-13)8-22(2)3/h5-7H,8H2,1-4H3. The number of rotatable bonds is 4. The molecular formula is C17H17F3N2O2. The third-order valence-corrected chi connectivity index (χ3v) is 3.51. The maximum Gasteiger partial charge on any atom is 0.339 e. The van der Waals surface area contributed by atoms with Crippen LogP contribution in [0.3, 0.4) is 0 Å². The molecule has 0 fully saturated rings. The van der Waals surface area contributed by atoms with Gasteiger partial charge in [-0.2, -0.15) is 0 Å². The number of esters is 1. The Morgan fingerprint density at radius 1 is 1.21 bits per heavy atom. The summed E-state index contributed by atoms with van der Waals surface area (Å²) in [5.74, 6) is -3.88. The highest BCUT2D eigenvalue weighted by Gasteiger charge is 2.20. The zero-order valence-corrected chi connectivity index (χ0v) is 13.8. The van der Waals surface area contributed by atoms with Crippen LogP contribution in [0.4, 0.5) is 13.2 Å². The highest BCUT2D eigenvalue weighted by molar-refractivity contribution is 5.91. The molecular weight excluding hydrogens is 321 g/mol. The van der Waals surface area contributed by atoms with Crippen molar-refractivity contribution in [3.8, 4) is 11.3 Å². The highest BCUT2D eigenvalue weighted by Crippen LogP contribution is 2.28. The van der Waals surface area contributed by atoms with Crippen molar-refractivity contribution in [2.24, 2.45) is 0 Å². The van der Waals surface area contributed by atoms with Crippen LogP contribution in [0.15, 0.2) is 18.2 Å². The molecule has 1 aromatic heterocycles. The molecule has 0 spiro atoms. The molecule has 0 atom stereocenters. The molecule has 128 valence electrons. The second kappa shape index (κ2) is 7.00. The van der Waals surface area contributed by atoms with E-state index in [4.69, 9.17) is 4.74 Å². The first-order valence-corrected chi connectivity index (χ1v) is 7.13. The Labute approximate surface area is 137 Å². The van der Waals surface area contributed by atoms with Gasteiger partial charge >= 0.3 is 5.97 Å². The van der Waals surface area contributed by atoms with Crippen molar-refractivity contribution in [2.45, 2.75) is 13.5 Å². The van der Waals surface area contributed by atoms with E-state index in [-0.39, 0.29) is 23.4 Å². The van der Waals surface area contributed by atoms with E-state index in [1.54, 1.807) is 19.0 Å². The van der Waals surface area contributed by atoms with Crippen molar-refractivity contribution < 1.29 is 22.7 Å². The van der Waals surface area contributed by atoms with Crippen LogP contribution in [0.1, 0.15) is 21.6 Å². The molecule has 0 bridgehead atoms. The number of halogens is 3. The first-order valence-electron chi connectivity index (χ1n) is 7.13. The summed E-state index contributed by atoms with van der Waals surface area (Å²) < 4.78 is 46.4. The summed E-state index contributed by atoms with van der Waals surface area (Å²) in [6.45, 7) is 1.43. The summed E-state index contributed by atoms with van der Waals surface area (Å²) in [4.78, 5) is 17.8. The first kappa shape index (κ1) is 17.9. The molecule has 0 N–H and O–H groups in total. The summed E-state index contributed by atoms with van der Waals surface area (Å²) in [6, 6.07) is 3.63. The molecule has 7 heteroatoms. The predicted molar refractivity (Wildman–Crippen MR) is 83.0 cm³/mol. The van der Waals surface area contributed by atoms with Crippen molar-refractivity contribution in [2.75, 3.05) is 21.2 Å².